The van der Waals surface area contributed by atoms with Gasteiger partial charge in [-0.2, -0.15) is 8.42 Å². The van der Waals surface area contributed by atoms with Crippen molar-refractivity contribution in [3.63, 3.8) is 0 Å². The Balaban J connectivity index is 2.42. The van der Waals surface area contributed by atoms with Crippen LogP contribution >= 0.6 is 15.9 Å². The molecule has 0 saturated heterocycles. The first kappa shape index (κ1) is 15.6. The van der Waals surface area contributed by atoms with Crippen LogP contribution < -0.4 is 14.8 Å². The quantitative estimate of drug-likeness (QED) is 0.844. The molecule has 0 fully saturated rings. The van der Waals surface area contributed by atoms with Crippen molar-refractivity contribution < 1.29 is 13.2 Å². The molecule has 2 rings (SSSR count). The molecule has 8 heteroatoms. The first-order valence-corrected chi connectivity index (χ1v) is 8.24. The predicted molar refractivity (Wildman–Crippen MR) is 85.3 cm³/mol. The third-order valence-corrected chi connectivity index (χ3v) is 4.73. The summed E-state index contributed by atoms with van der Waals surface area (Å²) in [7, 11) is -0.663. The Morgan fingerprint density at radius 3 is 2.67 bits per heavy atom. The number of ether oxygens (including phenoxy) is 1. The minimum absolute atomic E-state index is 0.0674. The number of rotatable bonds is 5. The summed E-state index contributed by atoms with van der Waals surface area (Å²) < 4.78 is 33.1. The number of anilines is 2. The van der Waals surface area contributed by atoms with Crippen LogP contribution in [0.4, 0.5) is 11.4 Å². The smallest absolute Gasteiger partial charge is 0.281 e. The molecule has 0 spiro atoms. The van der Waals surface area contributed by atoms with Gasteiger partial charge in [0.05, 0.1) is 18.5 Å². The maximum Gasteiger partial charge on any atom is 0.281 e. The first-order valence-electron chi connectivity index (χ1n) is 5.97. The van der Waals surface area contributed by atoms with Crippen LogP contribution in [0.5, 0.6) is 5.75 Å². The summed E-state index contributed by atoms with van der Waals surface area (Å²) in [5.74, 6) is 0.547. The number of hydrogen-bond donors (Lipinski definition) is 2. The Morgan fingerprint density at radius 1 is 1.24 bits per heavy atom. The number of aromatic nitrogens is 1. The van der Waals surface area contributed by atoms with E-state index in [1.165, 1.54) is 13.3 Å². The van der Waals surface area contributed by atoms with Gasteiger partial charge in [0.25, 0.3) is 10.0 Å². The lowest BCUT2D eigenvalue weighted by atomic mass is 10.3. The number of halogens is 1. The number of sulfonamides is 1. The summed E-state index contributed by atoms with van der Waals surface area (Å²) in [5.41, 5.74) is 0.797. The van der Waals surface area contributed by atoms with Crippen LogP contribution in [0.25, 0.3) is 0 Å². The van der Waals surface area contributed by atoms with Gasteiger partial charge in [-0.15, -0.1) is 0 Å². The fourth-order valence-corrected chi connectivity index (χ4v) is 3.39. The van der Waals surface area contributed by atoms with E-state index in [0.717, 1.165) is 0 Å². The van der Waals surface area contributed by atoms with E-state index in [2.05, 4.69) is 31.0 Å². The van der Waals surface area contributed by atoms with E-state index in [-0.39, 0.29) is 5.03 Å². The molecule has 0 amide bonds. The van der Waals surface area contributed by atoms with Crippen molar-refractivity contribution in [2.75, 3.05) is 24.2 Å². The van der Waals surface area contributed by atoms with Gasteiger partial charge in [-0.1, -0.05) is 0 Å². The summed E-state index contributed by atoms with van der Waals surface area (Å²) in [6.07, 6.45) is 1.43. The average Bonchev–Trinajstić information content (AvgIpc) is 2.49. The first-order chi connectivity index (χ1) is 9.97. The lowest BCUT2D eigenvalue weighted by Crippen LogP contribution is -2.16. The summed E-state index contributed by atoms with van der Waals surface area (Å²) in [6.45, 7) is 0. The summed E-state index contributed by atoms with van der Waals surface area (Å²) in [6, 6.07) is 8.31. The highest BCUT2D eigenvalue weighted by Gasteiger charge is 2.21. The van der Waals surface area contributed by atoms with Gasteiger partial charge >= 0.3 is 0 Å². The monoisotopic (exact) mass is 371 g/mol. The van der Waals surface area contributed by atoms with Crippen molar-refractivity contribution in [3.8, 4) is 5.75 Å². The molecule has 1 heterocycles. The van der Waals surface area contributed by atoms with Gasteiger partial charge < -0.3 is 10.1 Å². The molecular weight excluding hydrogens is 358 g/mol. The fraction of sp³-hybridized carbons (Fsp3) is 0.154. The standard InChI is InChI=1S/C13H14BrN3O3S/c1-15-11-4-3-7-16-13(11)21(18,19)17-12-8-9(20-2)5-6-10(12)14/h3-8,15,17H,1-2H3. The molecule has 0 bridgehead atoms. The Hall–Kier alpha value is -1.80. The minimum Gasteiger partial charge on any atom is -0.497 e. The third kappa shape index (κ3) is 3.45. The maximum absolute atomic E-state index is 12.5. The predicted octanol–water partition coefficient (Wildman–Crippen LogP) is 2.70. The highest BCUT2D eigenvalue weighted by molar-refractivity contribution is 9.10. The van der Waals surface area contributed by atoms with Crippen molar-refractivity contribution in [1.29, 1.82) is 0 Å². The average molecular weight is 372 g/mol. The molecule has 0 aliphatic heterocycles. The Kier molecular flexibility index (Phi) is 4.69. The van der Waals surface area contributed by atoms with Crippen LogP contribution in [-0.2, 0) is 10.0 Å². The van der Waals surface area contributed by atoms with Crippen LogP contribution in [0.3, 0.4) is 0 Å². The van der Waals surface area contributed by atoms with Crippen LogP contribution in [0.15, 0.2) is 46.0 Å². The number of nitrogens with zero attached hydrogens (tertiary/aromatic N) is 1. The topological polar surface area (TPSA) is 80.3 Å². The highest BCUT2D eigenvalue weighted by atomic mass is 79.9. The van der Waals surface area contributed by atoms with E-state index in [4.69, 9.17) is 4.74 Å². The summed E-state index contributed by atoms with van der Waals surface area (Å²) in [4.78, 5) is 3.93. The molecule has 0 aliphatic rings. The van der Waals surface area contributed by atoms with Crippen molar-refractivity contribution in [3.05, 3.63) is 41.0 Å². The second-order valence-corrected chi connectivity index (χ2v) is 6.51. The molecular formula is C13H14BrN3O3S. The van der Waals surface area contributed by atoms with E-state index in [9.17, 15) is 8.42 Å². The van der Waals surface area contributed by atoms with Crippen LogP contribution in [-0.4, -0.2) is 27.6 Å². The van der Waals surface area contributed by atoms with Crippen molar-refractivity contribution in [2.45, 2.75) is 5.03 Å². The molecule has 1 aromatic carbocycles. The number of hydrogen-bond acceptors (Lipinski definition) is 5. The lowest BCUT2D eigenvalue weighted by Gasteiger charge is -2.12. The van der Waals surface area contributed by atoms with Gasteiger partial charge in [0.15, 0.2) is 5.03 Å². The third-order valence-electron chi connectivity index (χ3n) is 2.71. The molecule has 0 aliphatic carbocycles. The lowest BCUT2D eigenvalue weighted by molar-refractivity contribution is 0.415. The number of pyridine rings is 1. The van der Waals surface area contributed by atoms with Gasteiger partial charge in [-0.05, 0) is 40.2 Å². The molecule has 6 nitrogen and oxygen atoms in total. The SMILES string of the molecule is CNc1cccnc1S(=O)(=O)Nc1cc(OC)ccc1Br. The van der Waals surface area contributed by atoms with Crippen molar-refractivity contribution >= 4 is 37.3 Å². The zero-order valence-electron chi connectivity index (χ0n) is 11.4. The van der Waals surface area contributed by atoms with Crippen LogP contribution in [0.2, 0.25) is 0 Å². The summed E-state index contributed by atoms with van der Waals surface area (Å²) >= 11 is 3.30. The van der Waals surface area contributed by atoms with E-state index in [1.807, 2.05) is 0 Å². The molecule has 112 valence electrons. The van der Waals surface area contributed by atoms with Gasteiger partial charge in [0.1, 0.15) is 5.75 Å². The largest absolute Gasteiger partial charge is 0.497 e. The van der Waals surface area contributed by atoms with E-state index in [0.29, 0.717) is 21.6 Å². The highest BCUT2D eigenvalue weighted by Crippen LogP contribution is 2.30. The normalized spacial score (nSPS) is 11.0. The van der Waals surface area contributed by atoms with Gasteiger partial charge in [-0.3, -0.25) is 4.72 Å². The van der Waals surface area contributed by atoms with E-state index in [1.54, 1.807) is 37.4 Å². The second kappa shape index (κ2) is 6.31. The number of benzene rings is 1. The van der Waals surface area contributed by atoms with Gasteiger partial charge in [0, 0.05) is 23.8 Å². The minimum atomic E-state index is -3.81. The molecule has 0 saturated carbocycles. The maximum atomic E-state index is 12.5. The Bertz CT molecular complexity index is 750. The van der Waals surface area contributed by atoms with Gasteiger partial charge in [-0.25, -0.2) is 4.98 Å². The molecule has 21 heavy (non-hydrogen) atoms. The Labute approximate surface area is 131 Å². The Morgan fingerprint density at radius 2 is 2.00 bits per heavy atom. The van der Waals surface area contributed by atoms with Crippen LogP contribution in [0, 0.1) is 0 Å². The molecule has 0 atom stereocenters. The number of methoxy groups -OCH3 is 1. The second-order valence-electron chi connectivity index (χ2n) is 4.06. The number of nitrogens with one attached hydrogen (secondary N) is 2. The zero-order valence-corrected chi connectivity index (χ0v) is 13.8. The fourth-order valence-electron chi connectivity index (χ4n) is 1.70. The van der Waals surface area contributed by atoms with Gasteiger partial charge in [0.2, 0.25) is 0 Å². The van der Waals surface area contributed by atoms with Crippen molar-refractivity contribution in [1.82, 2.24) is 4.98 Å². The molecule has 2 N–H and O–H groups in total. The van der Waals surface area contributed by atoms with Crippen LogP contribution in [0.1, 0.15) is 0 Å². The molecule has 0 radical (unpaired) electrons. The summed E-state index contributed by atoms with van der Waals surface area (Å²) in [5, 5.41) is 2.74. The molecule has 1 aromatic heterocycles. The van der Waals surface area contributed by atoms with Crippen molar-refractivity contribution in [2.24, 2.45) is 0 Å². The van der Waals surface area contributed by atoms with E-state index >= 15 is 0 Å². The molecule has 2 aromatic rings. The van der Waals surface area contributed by atoms with E-state index < -0.39 is 10.0 Å². The molecule has 0 unspecified atom stereocenters. The zero-order chi connectivity index (χ0) is 15.5.